The van der Waals surface area contributed by atoms with E-state index in [0.29, 0.717) is 31.8 Å². The van der Waals surface area contributed by atoms with Gasteiger partial charge in [-0.15, -0.1) is 0 Å². The Morgan fingerprint density at radius 3 is 2.53 bits per heavy atom. The molecule has 2 fully saturated rings. The molecule has 0 radical (unpaired) electrons. The molecule has 0 aromatic carbocycles. The van der Waals surface area contributed by atoms with Gasteiger partial charge in [0.15, 0.2) is 0 Å². The number of aliphatic hydroxyl groups excluding tert-OH is 1. The van der Waals surface area contributed by atoms with Gasteiger partial charge in [0.25, 0.3) is 0 Å². The van der Waals surface area contributed by atoms with Crippen LogP contribution < -0.4 is 5.73 Å². The number of amides is 1. The Bertz CT molecular complexity index is 275. The fourth-order valence-electron chi connectivity index (χ4n) is 3.01. The molecule has 17 heavy (non-hydrogen) atoms. The molecule has 3 atom stereocenters. The lowest BCUT2D eigenvalue weighted by molar-refractivity contribution is -0.139. The number of carbonyl (C=O) groups excluding carboxylic acids is 1. The Kier molecular flexibility index (Phi) is 4.05. The zero-order valence-corrected chi connectivity index (χ0v) is 10.6. The second-order valence-electron chi connectivity index (χ2n) is 5.75. The summed E-state index contributed by atoms with van der Waals surface area (Å²) in [6.07, 6.45) is 4.24. The molecule has 1 aliphatic carbocycles. The number of hydrogen-bond acceptors (Lipinski definition) is 3. The van der Waals surface area contributed by atoms with Crippen LogP contribution >= 0.6 is 0 Å². The highest BCUT2D eigenvalue weighted by Crippen LogP contribution is 2.30. The van der Waals surface area contributed by atoms with Gasteiger partial charge in [-0.2, -0.15) is 0 Å². The van der Waals surface area contributed by atoms with Crippen LogP contribution in [-0.2, 0) is 4.79 Å². The highest BCUT2D eigenvalue weighted by atomic mass is 16.3. The van der Waals surface area contributed by atoms with E-state index >= 15 is 0 Å². The van der Waals surface area contributed by atoms with Crippen LogP contribution in [0.2, 0.25) is 0 Å². The molecule has 1 heterocycles. The van der Waals surface area contributed by atoms with Gasteiger partial charge in [-0.3, -0.25) is 4.79 Å². The molecule has 0 spiro atoms. The van der Waals surface area contributed by atoms with Crippen LogP contribution in [0, 0.1) is 11.8 Å². The minimum Gasteiger partial charge on any atom is -0.393 e. The van der Waals surface area contributed by atoms with Crippen molar-refractivity contribution >= 4 is 5.91 Å². The van der Waals surface area contributed by atoms with Crippen LogP contribution in [-0.4, -0.2) is 41.1 Å². The Morgan fingerprint density at radius 1 is 1.24 bits per heavy atom. The van der Waals surface area contributed by atoms with Crippen LogP contribution in [0.15, 0.2) is 0 Å². The average molecular weight is 240 g/mol. The predicted molar refractivity (Wildman–Crippen MR) is 66.3 cm³/mol. The predicted octanol–water partition coefficient (Wildman–Crippen LogP) is 0.733. The van der Waals surface area contributed by atoms with Crippen molar-refractivity contribution in [1.29, 1.82) is 0 Å². The fraction of sp³-hybridized carbons (Fsp3) is 0.923. The number of nitrogens with zero attached hydrogens (tertiary/aromatic N) is 1. The second kappa shape index (κ2) is 5.36. The van der Waals surface area contributed by atoms with Crippen molar-refractivity contribution < 1.29 is 9.90 Å². The first kappa shape index (κ1) is 12.8. The van der Waals surface area contributed by atoms with E-state index in [-0.39, 0.29) is 24.0 Å². The number of rotatable bonds is 1. The van der Waals surface area contributed by atoms with Gasteiger partial charge in [0.2, 0.25) is 5.91 Å². The molecule has 1 saturated heterocycles. The van der Waals surface area contributed by atoms with E-state index in [2.05, 4.69) is 6.92 Å². The molecule has 1 amide bonds. The van der Waals surface area contributed by atoms with E-state index in [4.69, 9.17) is 5.73 Å². The molecule has 4 nitrogen and oxygen atoms in total. The first-order valence-electron chi connectivity index (χ1n) is 6.80. The van der Waals surface area contributed by atoms with Crippen molar-refractivity contribution in [2.24, 2.45) is 17.6 Å². The lowest BCUT2D eigenvalue weighted by Crippen LogP contribution is -2.49. The first-order valence-corrected chi connectivity index (χ1v) is 6.80. The maximum atomic E-state index is 12.4. The molecular weight excluding hydrogens is 216 g/mol. The molecule has 2 aliphatic rings. The third-order valence-electron chi connectivity index (χ3n) is 4.26. The second-order valence-corrected chi connectivity index (χ2v) is 5.75. The van der Waals surface area contributed by atoms with Gasteiger partial charge in [-0.1, -0.05) is 6.92 Å². The number of likely N-dealkylation sites (tertiary alicyclic amines) is 1. The molecule has 0 bridgehead atoms. The van der Waals surface area contributed by atoms with Crippen molar-refractivity contribution in [2.75, 3.05) is 13.1 Å². The number of carbonyl (C=O) groups is 1. The molecule has 3 unspecified atom stereocenters. The minimum absolute atomic E-state index is 0.00833. The van der Waals surface area contributed by atoms with Crippen LogP contribution in [0.3, 0.4) is 0 Å². The maximum Gasteiger partial charge on any atom is 0.227 e. The van der Waals surface area contributed by atoms with Crippen LogP contribution in [0.5, 0.6) is 0 Å². The fourth-order valence-corrected chi connectivity index (χ4v) is 3.01. The van der Waals surface area contributed by atoms with Crippen molar-refractivity contribution in [2.45, 2.75) is 51.2 Å². The Balaban J connectivity index is 1.94. The molecule has 2 rings (SSSR count). The molecule has 4 heteroatoms. The number of hydrogen-bond donors (Lipinski definition) is 2. The number of aliphatic hydroxyl groups is 1. The van der Waals surface area contributed by atoms with Crippen molar-refractivity contribution in [3.8, 4) is 0 Å². The monoisotopic (exact) mass is 240 g/mol. The van der Waals surface area contributed by atoms with E-state index in [0.717, 1.165) is 19.3 Å². The van der Waals surface area contributed by atoms with Gasteiger partial charge in [0.05, 0.1) is 12.0 Å². The molecule has 1 aliphatic heterocycles. The maximum absolute atomic E-state index is 12.4. The lowest BCUT2D eigenvalue weighted by atomic mass is 9.78. The summed E-state index contributed by atoms with van der Waals surface area (Å²) < 4.78 is 0. The standard InChI is InChI=1S/C13H24N2O2/c1-9-2-3-12(14)11(8-9)13(17)15-6-4-10(16)5-7-15/h9-12,16H,2-8,14H2,1H3. The summed E-state index contributed by atoms with van der Waals surface area (Å²) in [7, 11) is 0. The first-order chi connectivity index (χ1) is 8.08. The van der Waals surface area contributed by atoms with Gasteiger partial charge in [-0.05, 0) is 38.0 Å². The van der Waals surface area contributed by atoms with Crippen LogP contribution in [0.25, 0.3) is 0 Å². The van der Waals surface area contributed by atoms with Crippen LogP contribution in [0.4, 0.5) is 0 Å². The minimum atomic E-state index is -0.224. The van der Waals surface area contributed by atoms with E-state index in [1.165, 1.54) is 0 Å². The smallest absolute Gasteiger partial charge is 0.227 e. The SMILES string of the molecule is CC1CCC(N)C(C(=O)N2CCC(O)CC2)C1. The summed E-state index contributed by atoms with van der Waals surface area (Å²) in [6.45, 7) is 3.58. The molecular formula is C13H24N2O2. The average Bonchev–Trinajstić information content (AvgIpc) is 2.32. The summed E-state index contributed by atoms with van der Waals surface area (Å²) >= 11 is 0. The Morgan fingerprint density at radius 2 is 1.88 bits per heavy atom. The van der Waals surface area contributed by atoms with Crippen LogP contribution in [0.1, 0.15) is 39.0 Å². The Hall–Kier alpha value is -0.610. The summed E-state index contributed by atoms with van der Waals surface area (Å²) in [6, 6.07) is 0.0329. The number of nitrogens with two attached hydrogens (primary N) is 1. The highest BCUT2D eigenvalue weighted by Gasteiger charge is 2.35. The lowest BCUT2D eigenvalue weighted by Gasteiger charge is -2.37. The normalized spacial score (nSPS) is 35.9. The Labute approximate surface area is 103 Å². The van der Waals surface area contributed by atoms with Gasteiger partial charge >= 0.3 is 0 Å². The van der Waals surface area contributed by atoms with Crippen molar-refractivity contribution in [3.63, 3.8) is 0 Å². The van der Waals surface area contributed by atoms with E-state index in [1.807, 2.05) is 4.90 Å². The van der Waals surface area contributed by atoms with E-state index < -0.39 is 0 Å². The highest BCUT2D eigenvalue weighted by molar-refractivity contribution is 5.79. The summed E-state index contributed by atoms with van der Waals surface area (Å²) in [5.74, 6) is 0.837. The third kappa shape index (κ3) is 2.99. The van der Waals surface area contributed by atoms with Crippen molar-refractivity contribution in [3.05, 3.63) is 0 Å². The quantitative estimate of drug-likeness (QED) is 0.710. The zero-order valence-electron chi connectivity index (χ0n) is 10.6. The molecule has 3 N–H and O–H groups in total. The summed E-state index contributed by atoms with van der Waals surface area (Å²) in [5.41, 5.74) is 6.08. The van der Waals surface area contributed by atoms with E-state index in [1.54, 1.807) is 0 Å². The number of piperidine rings is 1. The topological polar surface area (TPSA) is 66.6 Å². The van der Waals surface area contributed by atoms with E-state index in [9.17, 15) is 9.90 Å². The third-order valence-corrected chi connectivity index (χ3v) is 4.26. The molecule has 1 saturated carbocycles. The summed E-state index contributed by atoms with van der Waals surface area (Å²) in [4.78, 5) is 14.3. The van der Waals surface area contributed by atoms with Gasteiger partial charge in [0, 0.05) is 19.1 Å². The van der Waals surface area contributed by atoms with Gasteiger partial charge < -0.3 is 15.7 Å². The molecule has 98 valence electrons. The summed E-state index contributed by atoms with van der Waals surface area (Å²) in [5, 5.41) is 9.45. The zero-order chi connectivity index (χ0) is 12.4. The molecule has 0 aromatic rings. The van der Waals surface area contributed by atoms with Gasteiger partial charge in [-0.25, -0.2) is 0 Å². The van der Waals surface area contributed by atoms with Crippen molar-refractivity contribution in [1.82, 2.24) is 4.90 Å². The molecule has 0 aromatic heterocycles. The largest absolute Gasteiger partial charge is 0.393 e. The van der Waals surface area contributed by atoms with Gasteiger partial charge in [0.1, 0.15) is 0 Å².